The van der Waals surface area contributed by atoms with Crippen LogP contribution in [0.25, 0.3) is 0 Å². The van der Waals surface area contributed by atoms with Crippen molar-refractivity contribution in [3.05, 3.63) is 29.6 Å². The number of hydrogen-bond donors (Lipinski definition) is 1. The Morgan fingerprint density at radius 2 is 2.19 bits per heavy atom. The maximum Gasteiger partial charge on any atom is 0.0891 e. The Kier molecular flexibility index (Phi) is 6.04. The summed E-state index contributed by atoms with van der Waals surface area (Å²) in [5.74, 6) is 0. The number of nitrogens with zero attached hydrogens (tertiary/aromatic N) is 1. The van der Waals surface area contributed by atoms with Gasteiger partial charge in [0.25, 0.3) is 0 Å². The molecule has 0 aliphatic carbocycles. The van der Waals surface area contributed by atoms with Gasteiger partial charge in [0, 0.05) is 12.7 Å². The van der Waals surface area contributed by atoms with Gasteiger partial charge in [0.05, 0.1) is 18.4 Å². The lowest BCUT2D eigenvalue weighted by molar-refractivity contribution is 0.0304. The second kappa shape index (κ2) is 7.36. The highest BCUT2D eigenvalue weighted by Gasteiger charge is 2.05. The summed E-state index contributed by atoms with van der Waals surface area (Å²) in [6.45, 7) is 5.48. The van der Waals surface area contributed by atoms with Gasteiger partial charge in [-0.15, -0.1) is 0 Å². The second-order valence-electron chi connectivity index (χ2n) is 3.99. The van der Waals surface area contributed by atoms with E-state index in [0.29, 0.717) is 19.3 Å². The van der Waals surface area contributed by atoms with E-state index in [-0.39, 0.29) is 0 Å². The molecule has 2 N–H and O–H groups in total. The summed E-state index contributed by atoms with van der Waals surface area (Å²) in [6, 6.07) is 3.99. The summed E-state index contributed by atoms with van der Waals surface area (Å²) in [4.78, 5) is 4.31. The number of aromatic nitrogens is 1. The molecule has 1 aromatic heterocycles. The van der Waals surface area contributed by atoms with Crippen LogP contribution in [0.15, 0.2) is 18.3 Å². The Morgan fingerprint density at radius 1 is 1.38 bits per heavy atom. The molecule has 1 rings (SSSR count). The summed E-state index contributed by atoms with van der Waals surface area (Å²) >= 11 is 0. The zero-order valence-corrected chi connectivity index (χ0v) is 10.3. The predicted octanol–water partition coefficient (Wildman–Crippen LogP) is 2.64. The van der Waals surface area contributed by atoms with Crippen molar-refractivity contribution >= 4 is 0 Å². The summed E-state index contributed by atoms with van der Waals surface area (Å²) in [7, 11) is 0. The van der Waals surface area contributed by atoms with Crippen LogP contribution in [0.3, 0.4) is 0 Å². The number of nitrogens with two attached hydrogens (primary N) is 1. The first-order valence-corrected chi connectivity index (χ1v) is 6.05. The maximum absolute atomic E-state index is 5.80. The van der Waals surface area contributed by atoms with E-state index < -0.39 is 0 Å². The first kappa shape index (κ1) is 13.1. The fourth-order valence-corrected chi connectivity index (χ4v) is 1.59. The predicted molar refractivity (Wildman–Crippen MR) is 65.9 cm³/mol. The van der Waals surface area contributed by atoms with E-state index in [1.54, 1.807) is 0 Å². The standard InChI is InChI=1S/C13H22N2O/c1-3-5-13(4-2)16-10-12-7-6-11(8-14)9-15-12/h6-7,9,13H,3-5,8,10,14H2,1-2H3. The first-order chi connectivity index (χ1) is 7.80. The molecule has 0 aliphatic heterocycles. The van der Waals surface area contributed by atoms with Gasteiger partial charge < -0.3 is 10.5 Å². The molecule has 1 aromatic rings. The molecule has 1 atom stereocenters. The van der Waals surface area contributed by atoms with Crippen molar-refractivity contribution in [2.45, 2.75) is 52.4 Å². The highest BCUT2D eigenvalue weighted by Crippen LogP contribution is 2.09. The van der Waals surface area contributed by atoms with Gasteiger partial charge in [-0.3, -0.25) is 4.98 Å². The summed E-state index contributed by atoms with van der Waals surface area (Å²) in [5.41, 5.74) is 7.55. The lowest BCUT2D eigenvalue weighted by atomic mass is 10.1. The van der Waals surface area contributed by atoms with Crippen LogP contribution in [0.1, 0.15) is 44.4 Å². The van der Waals surface area contributed by atoms with Gasteiger partial charge in [0.15, 0.2) is 0 Å². The van der Waals surface area contributed by atoms with Gasteiger partial charge in [-0.05, 0) is 24.5 Å². The van der Waals surface area contributed by atoms with Gasteiger partial charge in [-0.1, -0.05) is 26.3 Å². The zero-order chi connectivity index (χ0) is 11.8. The quantitative estimate of drug-likeness (QED) is 0.771. The maximum atomic E-state index is 5.80. The van der Waals surface area contributed by atoms with Crippen molar-refractivity contribution in [2.75, 3.05) is 0 Å². The molecule has 1 heterocycles. The van der Waals surface area contributed by atoms with Crippen LogP contribution >= 0.6 is 0 Å². The molecule has 1 unspecified atom stereocenters. The summed E-state index contributed by atoms with van der Waals surface area (Å²) in [5, 5.41) is 0. The normalized spacial score (nSPS) is 12.7. The van der Waals surface area contributed by atoms with Gasteiger partial charge in [-0.2, -0.15) is 0 Å². The molecule has 0 fully saturated rings. The molecule has 0 bridgehead atoms. The molecule has 0 aromatic carbocycles. The highest BCUT2D eigenvalue weighted by atomic mass is 16.5. The molecule has 0 aliphatic rings. The molecular weight excluding hydrogens is 200 g/mol. The lowest BCUT2D eigenvalue weighted by Crippen LogP contribution is -2.11. The third-order valence-corrected chi connectivity index (χ3v) is 2.65. The average molecular weight is 222 g/mol. The molecule has 3 heteroatoms. The van der Waals surface area contributed by atoms with Crippen LogP contribution < -0.4 is 5.73 Å². The fraction of sp³-hybridized carbons (Fsp3) is 0.615. The molecule has 0 radical (unpaired) electrons. The number of hydrogen-bond acceptors (Lipinski definition) is 3. The van der Waals surface area contributed by atoms with E-state index in [1.807, 2.05) is 18.3 Å². The van der Waals surface area contributed by atoms with Crippen molar-refractivity contribution in [1.29, 1.82) is 0 Å². The third kappa shape index (κ3) is 4.29. The van der Waals surface area contributed by atoms with Crippen LogP contribution in [-0.2, 0) is 17.9 Å². The first-order valence-electron chi connectivity index (χ1n) is 6.05. The molecule has 0 saturated carbocycles. The van der Waals surface area contributed by atoms with Crippen molar-refractivity contribution in [3.63, 3.8) is 0 Å². The fourth-order valence-electron chi connectivity index (χ4n) is 1.59. The Balaban J connectivity index is 2.40. The van der Waals surface area contributed by atoms with E-state index in [9.17, 15) is 0 Å². The van der Waals surface area contributed by atoms with Crippen molar-refractivity contribution in [2.24, 2.45) is 5.73 Å². The third-order valence-electron chi connectivity index (χ3n) is 2.65. The van der Waals surface area contributed by atoms with Gasteiger partial charge in [-0.25, -0.2) is 0 Å². The Labute approximate surface area is 98.0 Å². The van der Waals surface area contributed by atoms with Gasteiger partial charge in [0.1, 0.15) is 0 Å². The Bertz CT molecular complexity index is 284. The molecule has 90 valence electrons. The molecule has 0 spiro atoms. The van der Waals surface area contributed by atoms with Crippen LogP contribution in [-0.4, -0.2) is 11.1 Å². The van der Waals surface area contributed by atoms with Gasteiger partial charge in [0.2, 0.25) is 0 Å². The van der Waals surface area contributed by atoms with E-state index >= 15 is 0 Å². The van der Waals surface area contributed by atoms with Crippen LogP contribution in [0.4, 0.5) is 0 Å². The molecular formula is C13H22N2O. The smallest absolute Gasteiger partial charge is 0.0891 e. The topological polar surface area (TPSA) is 48.1 Å². The summed E-state index contributed by atoms with van der Waals surface area (Å²) < 4.78 is 5.80. The highest BCUT2D eigenvalue weighted by molar-refractivity contribution is 5.13. The van der Waals surface area contributed by atoms with E-state index in [2.05, 4.69) is 18.8 Å². The van der Waals surface area contributed by atoms with Crippen LogP contribution in [0.5, 0.6) is 0 Å². The lowest BCUT2D eigenvalue weighted by Gasteiger charge is -2.14. The molecule has 0 amide bonds. The molecule has 3 nitrogen and oxygen atoms in total. The van der Waals surface area contributed by atoms with Crippen molar-refractivity contribution < 1.29 is 4.74 Å². The number of ether oxygens (including phenoxy) is 1. The van der Waals surface area contributed by atoms with Crippen LogP contribution in [0, 0.1) is 0 Å². The Morgan fingerprint density at radius 3 is 2.69 bits per heavy atom. The molecule has 0 saturated heterocycles. The minimum absolute atomic E-state index is 0.362. The number of rotatable bonds is 7. The molecule has 16 heavy (non-hydrogen) atoms. The average Bonchev–Trinajstić information content (AvgIpc) is 2.35. The van der Waals surface area contributed by atoms with Gasteiger partial charge >= 0.3 is 0 Å². The zero-order valence-electron chi connectivity index (χ0n) is 10.3. The number of pyridine rings is 1. The summed E-state index contributed by atoms with van der Waals surface area (Å²) in [6.07, 6.45) is 5.53. The monoisotopic (exact) mass is 222 g/mol. The SMILES string of the molecule is CCCC(CC)OCc1ccc(CN)cn1. The second-order valence-corrected chi connectivity index (χ2v) is 3.99. The van der Waals surface area contributed by atoms with Crippen molar-refractivity contribution in [1.82, 2.24) is 4.98 Å². The van der Waals surface area contributed by atoms with Crippen molar-refractivity contribution in [3.8, 4) is 0 Å². The van der Waals surface area contributed by atoms with E-state index in [0.717, 1.165) is 30.5 Å². The minimum Gasteiger partial charge on any atom is -0.372 e. The minimum atomic E-state index is 0.362. The van der Waals surface area contributed by atoms with Crippen LogP contribution in [0.2, 0.25) is 0 Å². The van der Waals surface area contributed by atoms with E-state index in [1.165, 1.54) is 0 Å². The Hall–Kier alpha value is -0.930. The largest absolute Gasteiger partial charge is 0.372 e. The van der Waals surface area contributed by atoms with E-state index in [4.69, 9.17) is 10.5 Å².